The summed E-state index contributed by atoms with van der Waals surface area (Å²) in [4.78, 5) is 18.2. The first-order chi connectivity index (χ1) is 9.81. The molecule has 0 fully saturated rings. The number of aliphatic hydroxyl groups is 1. The highest BCUT2D eigenvalue weighted by Gasteiger charge is 2.30. The van der Waals surface area contributed by atoms with Gasteiger partial charge in [0.05, 0.1) is 24.7 Å². The molecule has 2 heterocycles. The van der Waals surface area contributed by atoms with Crippen molar-refractivity contribution in [1.82, 2.24) is 9.88 Å². The zero-order valence-electron chi connectivity index (χ0n) is 10.7. The lowest BCUT2D eigenvalue weighted by molar-refractivity contribution is 0.0580. The first-order valence-corrected chi connectivity index (χ1v) is 7.27. The molecule has 1 aliphatic heterocycles. The number of para-hydroxylation sites is 1. The maximum absolute atomic E-state index is 12.5. The number of aliphatic hydroxyl groups excluding tert-OH is 1. The Morgan fingerprint density at radius 2 is 2.35 bits per heavy atom. The van der Waals surface area contributed by atoms with Crippen molar-refractivity contribution in [2.45, 2.75) is 6.04 Å². The van der Waals surface area contributed by atoms with Gasteiger partial charge in [-0.15, -0.1) is 11.3 Å². The first-order valence-electron chi connectivity index (χ1n) is 6.33. The normalized spacial score (nSPS) is 18.1. The molecule has 0 radical (unpaired) electrons. The van der Waals surface area contributed by atoms with Crippen molar-refractivity contribution < 1.29 is 14.6 Å². The predicted molar refractivity (Wildman–Crippen MR) is 74.9 cm³/mol. The molecule has 0 aliphatic carbocycles. The molecule has 0 saturated carbocycles. The molecule has 1 N–H and O–H groups in total. The average Bonchev–Trinajstić information content (AvgIpc) is 2.94. The van der Waals surface area contributed by atoms with E-state index in [9.17, 15) is 9.90 Å². The predicted octanol–water partition coefficient (Wildman–Crippen LogP) is 1.71. The average molecular weight is 290 g/mol. The number of ether oxygens (including phenoxy) is 1. The van der Waals surface area contributed by atoms with E-state index in [1.54, 1.807) is 15.8 Å². The van der Waals surface area contributed by atoms with Crippen LogP contribution in [0.2, 0.25) is 0 Å². The Morgan fingerprint density at radius 1 is 1.50 bits per heavy atom. The van der Waals surface area contributed by atoms with Crippen LogP contribution in [0.5, 0.6) is 5.75 Å². The van der Waals surface area contributed by atoms with Crippen LogP contribution < -0.4 is 4.74 Å². The molecule has 1 aliphatic rings. The lowest BCUT2D eigenvalue weighted by atomic mass is 10.0. The number of hydrogen-bond acceptors (Lipinski definition) is 5. The number of nitrogens with zero attached hydrogens (tertiary/aromatic N) is 2. The highest BCUT2D eigenvalue weighted by atomic mass is 32.1. The molecule has 1 aromatic heterocycles. The number of carbonyl (C=O) groups is 1. The standard InChI is InChI=1S/C14H14N2O3S/c17-7-12-10-3-1-2-4-13(10)19-6-5-16(12)14(18)11-8-20-9-15-11/h1-4,8-9,12,17H,5-7H2/t12-/m0/s1. The monoisotopic (exact) mass is 290 g/mol. The topological polar surface area (TPSA) is 62.7 Å². The number of aromatic nitrogens is 1. The summed E-state index contributed by atoms with van der Waals surface area (Å²) < 4.78 is 5.66. The summed E-state index contributed by atoms with van der Waals surface area (Å²) in [7, 11) is 0. The van der Waals surface area contributed by atoms with E-state index >= 15 is 0 Å². The van der Waals surface area contributed by atoms with Crippen molar-refractivity contribution >= 4 is 17.2 Å². The lowest BCUT2D eigenvalue weighted by Crippen LogP contribution is -2.38. The third kappa shape index (κ3) is 2.28. The minimum atomic E-state index is -0.400. The van der Waals surface area contributed by atoms with Crippen LogP contribution >= 0.6 is 11.3 Å². The van der Waals surface area contributed by atoms with E-state index in [4.69, 9.17) is 4.74 Å². The van der Waals surface area contributed by atoms with Gasteiger partial charge in [-0.3, -0.25) is 4.79 Å². The molecule has 2 aromatic rings. The van der Waals surface area contributed by atoms with Gasteiger partial charge in [0.15, 0.2) is 0 Å². The molecule has 0 unspecified atom stereocenters. The van der Waals surface area contributed by atoms with Gasteiger partial charge in [0.1, 0.15) is 18.1 Å². The Labute approximate surface area is 120 Å². The summed E-state index contributed by atoms with van der Waals surface area (Å²) in [6.45, 7) is 0.690. The van der Waals surface area contributed by atoms with Crippen molar-refractivity contribution in [3.63, 3.8) is 0 Å². The van der Waals surface area contributed by atoms with Gasteiger partial charge < -0.3 is 14.7 Å². The van der Waals surface area contributed by atoms with Crippen molar-refractivity contribution in [3.8, 4) is 5.75 Å². The lowest BCUT2D eigenvalue weighted by Gasteiger charge is -2.27. The summed E-state index contributed by atoms with van der Waals surface area (Å²) in [6.07, 6.45) is 0. The number of benzene rings is 1. The number of amides is 1. The summed E-state index contributed by atoms with van der Waals surface area (Å²) >= 11 is 1.38. The van der Waals surface area contributed by atoms with Crippen LogP contribution in [0.4, 0.5) is 0 Å². The van der Waals surface area contributed by atoms with E-state index in [2.05, 4.69) is 4.98 Å². The van der Waals surface area contributed by atoms with Gasteiger partial charge in [0.25, 0.3) is 5.91 Å². The molecule has 1 aromatic carbocycles. The Hall–Kier alpha value is -1.92. The third-order valence-corrected chi connectivity index (χ3v) is 3.92. The highest BCUT2D eigenvalue weighted by molar-refractivity contribution is 7.07. The number of thiazole rings is 1. The second-order valence-electron chi connectivity index (χ2n) is 4.46. The number of fused-ring (bicyclic) bond motifs is 1. The van der Waals surface area contributed by atoms with Crippen LogP contribution in [-0.2, 0) is 0 Å². The first kappa shape index (κ1) is 13.1. The Bertz CT molecular complexity index is 600. The van der Waals surface area contributed by atoms with E-state index in [0.29, 0.717) is 18.8 Å². The fraction of sp³-hybridized carbons (Fsp3) is 0.286. The molecule has 104 valence electrons. The minimum Gasteiger partial charge on any atom is -0.491 e. The van der Waals surface area contributed by atoms with Crippen LogP contribution in [0.1, 0.15) is 22.1 Å². The molecular formula is C14H14N2O3S. The molecule has 1 atom stereocenters. The maximum atomic E-state index is 12.5. The number of hydrogen-bond donors (Lipinski definition) is 1. The Kier molecular flexibility index (Phi) is 3.66. The number of carbonyl (C=O) groups excluding carboxylic acids is 1. The SMILES string of the molecule is O=C(c1cscn1)N1CCOc2ccccc2[C@@H]1CO. The largest absolute Gasteiger partial charge is 0.491 e. The van der Waals surface area contributed by atoms with E-state index in [0.717, 1.165) is 11.3 Å². The van der Waals surface area contributed by atoms with Gasteiger partial charge in [0.2, 0.25) is 0 Å². The Morgan fingerprint density at radius 3 is 3.10 bits per heavy atom. The molecular weight excluding hydrogens is 276 g/mol. The fourth-order valence-electron chi connectivity index (χ4n) is 2.37. The van der Waals surface area contributed by atoms with Crippen LogP contribution in [0.25, 0.3) is 0 Å². The van der Waals surface area contributed by atoms with Gasteiger partial charge >= 0.3 is 0 Å². The highest BCUT2D eigenvalue weighted by Crippen LogP contribution is 2.32. The molecule has 0 saturated heterocycles. The molecule has 6 heteroatoms. The second kappa shape index (κ2) is 5.60. The van der Waals surface area contributed by atoms with Crippen LogP contribution in [0, 0.1) is 0 Å². The molecule has 0 spiro atoms. The van der Waals surface area contributed by atoms with Crippen LogP contribution in [0.3, 0.4) is 0 Å². The van der Waals surface area contributed by atoms with E-state index in [1.165, 1.54) is 11.3 Å². The molecule has 20 heavy (non-hydrogen) atoms. The van der Waals surface area contributed by atoms with E-state index < -0.39 is 6.04 Å². The van der Waals surface area contributed by atoms with Gasteiger partial charge in [-0.2, -0.15) is 0 Å². The van der Waals surface area contributed by atoms with Gasteiger partial charge in [-0.1, -0.05) is 18.2 Å². The quantitative estimate of drug-likeness (QED) is 0.914. The van der Waals surface area contributed by atoms with Gasteiger partial charge in [-0.25, -0.2) is 4.98 Å². The molecule has 3 rings (SSSR count). The molecule has 5 nitrogen and oxygen atoms in total. The zero-order valence-corrected chi connectivity index (χ0v) is 11.5. The van der Waals surface area contributed by atoms with E-state index in [-0.39, 0.29) is 12.5 Å². The van der Waals surface area contributed by atoms with Gasteiger partial charge in [-0.05, 0) is 6.07 Å². The van der Waals surface area contributed by atoms with Crippen LogP contribution in [-0.4, -0.2) is 40.7 Å². The summed E-state index contributed by atoms with van der Waals surface area (Å²) in [5, 5.41) is 11.4. The summed E-state index contributed by atoms with van der Waals surface area (Å²) in [6, 6.07) is 7.09. The van der Waals surface area contributed by atoms with E-state index in [1.807, 2.05) is 24.3 Å². The van der Waals surface area contributed by atoms with Crippen molar-refractivity contribution in [1.29, 1.82) is 0 Å². The molecule has 1 amide bonds. The molecule has 0 bridgehead atoms. The Balaban J connectivity index is 1.97. The number of rotatable bonds is 2. The fourth-order valence-corrected chi connectivity index (χ4v) is 2.90. The second-order valence-corrected chi connectivity index (χ2v) is 5.18. The minimum absolute atomic E-state index is 0.143. The summed E-state index contributed by atoms with van der Waals surface area (Å²) in [5.41, 5.74) is 2.87. The van der Waals surface area contributed by atoms with Crippen molar-refractivity contribution in [2.24, 2.45) is 0 Å². The van der Waals surface area contributed by atoms with Gasteiger partial charge in [0, 0.05) is 10.9 Å². The maximum Gasteiger partial charge on any atom is 0.274 e. The zero-order chi connectivity index (χ0) is 13.9. The smallest absolute Gasteiger partial charge is 0.274 e. The summed E-state index contributed by atoms with van der Waals surface area (Å²) in [5.74, 6) is 0.547. The van der Waals surface area contributed by atoms with Crippen molar-refractivity contribution in [2.75, 3.05) is 19.8 Å². The third-order valence-electron chi connectivity index (χ3n) is 3.33. The van der Waals surface area contributed by atoms with Crippen LogP contribution in [0.15, 0.2) is 35.2 Å². The van der Waals surface area contributed by atoms with Crippen molar-refractivity contribution in [3.05, 3.63) is 46.4 Å².